The fourth-order valence-electron chi connectivity index (χ4n) is 3.69. The Morgan fingerprint density at radius 1 is 1.06 bits per heavy atom. The number of carbonyl (C=O) groups excluding carboxylic acids is 2. The first-order valence-corrected chi connectivity index (χ1v) is 11.1. The smallest absolute Gasteiger partial charge is 0.274 e. The van der Waals surface area contributed by atoms with Crippen LogP contribution < -0.4 is 14.8 Å². The maximum Gasteiger partial charge on any atom is 0.274 e. The monoisotopic (exact) mass is 494 g/mol. The number of anilines is 1. The van der Waals surface area contributed by atoms with Crippen molar-refractivity contribution < 1.29 is 19.1 Å². The van der Waals surface area contributed by atoms with Crippen LogP contribution in [0.4, 0.5) is 5.69 Å². The van der Waals surface area contributed by atoms with Gasteiger partial charge in [-0.1, -0.05) is 6.07 Å². The topological polar surface area (TPSA) is 93.1 Å². The van der Waals surface area contributed by atoms with Crippen molar-refractivity contribution in [3.8, 4) is 11.5 Å². The van der Waals surface area contributed by atoms with Crippen molar-refractivity contribution in [1.82, 2.24) is 9.99 Å². The Morgan fingerprint density at radius 3 is 2.63 bits per heavy atom. The Kier molecular flexibility index (Phi) is 8.80. The lowest BCUT2D eigenvalue weighted by atomic mass is 10.0. The summed E-state index contributed by atoms with van der Waals surface area (Å²) < 4.78 is 11.0. The lowest BCUT2D eigenvalue weighted by Gasteiger charge is -2.24. The largest absolute Gasteiger partial charge is 0.493 e. The third-order valence-corrected chi connectivity index (χ3v) is 5.35. The summed E-state index contributed by atoms with van der Waals surface area (Å²) >= 11 is 0. The molecule has 0 aliphatic carbocycles. The zero-order valence-electron chi connectivity index (χ0n) is 19.6. The molecule has 1 aromatic heterocycles. The molecule has 8 nitrogen and oxygen atoms in total. The van der Waals surface area contributed by atoms with Gasteiger partial charge < -0.3 is 14.8 Å². The number of benzene rings is 2. The molecule has 0 unspecified atom stereocenters. The van der Waals surface area contributed by atoms with Crippen LogP contribution in [0.1, 0.15) is 46.0 Å². The Hall–Kier alpha value is -3.91. The van der Waals surface area contributed by atoms with E-state index in [4.69, 9.17) is 9.47 Å². The molecule has 0 saturated carbocycles. The van der Waals surface area contributed by atoms with Crippen molar-refractivity contribution >= 4 is 35.6 Å². The van der Waals surface area contributed by atoms with Gasteiger partial charge in [0, 0.05) is 35.8 Å². The Labute approximate surface area is 210 Å². The highest BCUT2D eigenvalue weighted by molar-refractivity contribution is 6.05. The van der Waals surface area contributed by atoms with E-state index < -0.39 is 0 Å². The molecule has 0 radical (unpaired) electrons. The van der Waals surface area contributed by atoms with Gasteiger partial charge in [-0.15, -0.1) is 12.4 Å². The molecule has 4 rings (SSSR count). The number of ether oxygens (including phenoxy) is 2. The number of pyridine rings is 1. The minimum absolute atomic E-state index is 0. The standard InChI is InChI=1S/C26H26N4O4.ClH/c1-3-34-24-16-18(11-12-23(24)33-2)22-10-6-14-30(29-22)26(32)19-7-4-9-21(15-19)28-25(31)20-8-5-13-27-17-20;/h4-5,7-9,11-13,15-17H,3,6,10,14H2,1-2H3,(H,28,31);1H. The Bertz CT molecular complexity index is 1220. The molecule has 1 aliphatic rings. The van der Waals surface area contributed by atoms with E-state index in [-0.39, 0.29) is 24.2 Å². The Balaban J connectivity index is 0.00000342. The average Bonchev–Trinajstić information content (AvgIpc) is 2.89. The first-order chi connectivity index (χ1) is 16.6. The molecule has 0 saturated heterocycles. The van der Waals surface area contributed by atoms with Crippen LogP contribution in [0.25, 0.3) is 0 Å². The maximum atomic E-state index is 13.2. The average molecular weight is 495 g/mol. The van der Waals surface area contributed by atoms with Crippen molar-refractivity contribution in [2.45, 2.75) is 19.8 Å². The zero-order valence-corrected chi connectivity index (χ0v) is 20.4. The number of hydrogen-bond acceptors (Lipinski definition) is 6. The number of halogens is 1. The van der Waals surface area contributed by atoms with Gasteiger partial charge in [-0.2, -0.15) is 5.10 Å². The summed E-state index contributed by atoms with van der Waals surface area (Å²) in [7, 11) is 1.60. The summed E-state index contributed by atoms with van der Waals surface area (Å²) in [5.74, 6) is 0.777. The summed E-state index contributed by atoms with van der Waals surface area (Å²) in [6, 6.07) is 15.9. The Morgan fingerprint density at radius 2 is 1.89 bits per heavy atom. The van der Waals surface area contributed by atoms with Gasteiger partial charge in [-0.3, -0.25) is 14.6 Å². The number of aromatic nitrogens is 1. The van der Waals surface area contributed by atoms with Crippen LogP contribution in [0.5, 0.6) is 11.5 Å². The van der Waals surface area contributed by atoms with E-state index in [9.17, 15) is 9.59 Å². The first-order valence-electron chi connectivity index (χ1n) is 11.1. The zero-order chi connectivity index (χ0) is 23.9. The molecule has 182 valence electrons. The number of rotatable bonds is 7. The minimum Gasteiger partial charge on any atom is -0.493 e. The van der Waals surface area contributed by atoms with Gasteiger partial charge in [0.05, 0.1) is 25.0 Å². The molecular weight excluding hydrogens is 468 g/mol. The van der Waals surface area contributed by atoms with E-state index >= 15 is 0 Å². The predicted octanol–water partition coefficient (Wildman–Crippen LogP) is 4.80. The fourth-order valence-corrected chi connectivity index (χ4v) is 3.69. The van der Waals surface area contributed by atoms with Gasteiger partial charge in [0.2, 0.25) is 0 Å². The number of nitrogens with one attached hydrogen (secondary N) is 1. The van der Waals surface area contributed by atoms with E-state index in [2.05, 4.69) is 15.4 Å². The number of hydrogen-bond donors (Lipinski definition) is 1. The summed E-state index contributed by atoms with van der Waals surface area (Å²) in [4.78, 5) is 29.6. The van der Waals surface area contributed by atoms with Crippen LogP contribution in [0.15, 0.2) is 72.1 Å². The number of hydrazone groups is 1. The van der Waals surface area contributed by atoms with Crippen LogP contribution in [-0.2, 0) is 0 Å². The van der Waals surface area contributed by atoms with Crippen molar-refractivity contribution in [3.05, 3.63) is 83.7 Å². The van der Waals surface area contributed by atoms with Crippen molar-refractivity contribution in [2.24, 2.45) is 5.10 Å². The molecule has 2 aromatic carbocycles. The quantitative estimate of drug-likeness (QED) is 0.509. The van der Waals surface area contributed by atoms with E-state index in [0.717, 1.165) is 24.1 Å². The summed E-state index contributed by atoms with van der Waals surface area (Å²) in [6.07, 6.45) is 4.64. The lowest BCUT2D eigenvalue weighted by molar-refractivity contribution is 0.0751. The highest BCUT2D eigenvalue weighted by Gasteiger charge is 2.22. The molecule has 1 aliphatic heterocycles. The second kappa shape index (κ2) is 12.0. The molecule has 3 aromatic rings. The second-order valence-corrected chi connectivity index (χ2v) is 7.65. The van der Waals surface area contributed by atoms with Gasteiger partial charge in [-0.05, 0) is 68.3 Å². The van der Waals surface area contributed by atoms with Crippen molar-refractivity contribution in [1.29, 1.82) is 0 Å². The van der Waals surface area contributed by atoms with Crippen LogP contribution in [0.3, 0.4) is 0 Å². The number of amides is 2. The molecule has 9 heteroatoms. The number of nitrogens with zero attached hydrogens (tertiary/aromatic N) is 3. The highest BCUT2D eigenvalue weighted by Crippen LogP contribution is 2.29. The normalized spacial score (nSPS) is 12.7. The van der Waals surface area contributed by atoms with Gasteiger partial charge in [-0.25, -0.2) is 5.01 Å². The van der Waals surface area contributed by atoms with Crippen molar-refractivity contribution in [2.75, 3.05) is 25.6 Å². The van der Waals surface area contributed by atoms with Gasteiger partial charge >= 0.3 is 0 Å². The van der Waals surface area contributed by atoms with E-state index in [1.54, 1.807) is 49.7 Å². The molecule has 2 amide bonds. The highest BCUT2D eigenvalue weighted by atomic mass is 35.5. The minimum atomic E-state index is -0.291. The van der Waals surface area contributed by atoms with Crippen LogP contribution in [0.2, 0.25) is 0 Å². The third-order valence-electron chi connectivity index (χ3n) is 5.35. The molecule has 2 heterocycles. The number of carbonyl (C=O) groups is 2. The molecular formula is C26H27ClN4O4. The first kappa shape index (κ1) is 25.7. The molecule has 0 atom stereocenters. The van der Waals surface area contributed by atoms with Crippen molar-refractivity contribution in [3.63, 3.8) is 0 Å². The molecule has 0 spiro atoms. The fraction of sp³-hybridized carbons (Fsp3) is 0.231. The second-order valence-electron chi connectivity index (χ2n) is 7.65. The predicted molar refractivity (Wildman–Crippen MR) is 137 cm³/mol. The molecule has 35 heavy (non-hydrogen) atoms. The number of methoxy groups -OCH3 is 1. The maximum absolute atomic E-state index is 13.2. The summed E-state index contributed by atoms with van der Waals surface area (Å²) in [6.45, 7) is 2.95. The third kappa shape index (κ3) is 6.16. The molecule has 0 bridgehead atoms. The lowest BCUT2D eigenvalue weighted by Crippen LogP contribution is -2.32. The van der Waals surface area contributed by atoms with Gasteiger partial charge in [0.1, 0.15) is 0 Å². The summed E-state index contributed by atoms with van der Waals surface area (Å²) in [5, 5.41) is 8.92. The van der Waals surface area contributed by atoms with Gasteiger partial charge in [0.15, 0.2) is 11.5 Å². The van der Waals surface area contributed by atoms with Crippen LogP contribution in [-0.4, -0.2) is 47.8 Å². The SMILES string of the molecule is CCOc1cc(C2=NN(C(=O)c3cccc(NC(=O)c4cccnc4)c3)CCC2)ccc1OC.Cl. The summed E-state index contributed by atoms with van der Waals surface area (Å²) in [5.41, 5.74) is 3.11. The van der Waals surface area contributed by atoms with E-state index in [1.165, 1.54) is 11.2 Å². The van der Waals surface area contributed by atoms with E-state index in [1.807, 2.05) is 25.1 Å². The van der Waals surface area contributed by atoms with Crippen LogP contribution >= 0.6 is 12.4 Å². The van der Waals surface area contributed by atoms with E-state index in [0.29, 0.717) is 41.5 Å². The molecule has 1 N–H and O–H groups in total. The van der Waals surface area contributed by atoms with Gasteiger partial charge in [0.25, 0.3) is 11.8 Å². The van der Waals surface area contributed by atoms with Crippen LogP contribution in [0, 0.1) is 0 Å². The molecule has 0 fully saturated rings.